The summed E-state index contributed by atoms with van der Waals surface area (Å²) in [6, 6.07) is 11.4. The van der Waals surface area contributed by atoms with Crippen LogP contribution in [0.5, 0.6) is 5.75 Å². The Labute approximate surface area is 178 Å². The number of carbonyl (C=O) groups is 1. The number of ether oxygens (including phenoxy) is 2. The van der Waals surface area contributed by atoms with Gasteiger partial charge in [0.15, 0.2) is 10.9 Å². The fraction of sp³-hybridized carbons (Fsp3) is 0.300. The molecule has 29 heavy (non-hydrogen) atoms. The standard InChI is InChI=1S/C20H22N4O3S2/c1-20(2,3)27-18(25)17-15(28-14-8-6-13(26-5)7-9-14)10-11-16(22-17)29-19-23-21-12-24(19)4/h6-12H,1-5H3. The first kappa shape index (κ1) is 21.2. The molecular weight excluding hydrogens is 408 g/mol. The van der Waals surface area contributed by atoms with Gasteiger partial charge in [-0.2, -0.15) is 0 Å². The van der Waals surface area contributed by atoms with E-state index in [0.717, 1.165) is 10.6 Å². The van der Waals surface area contributed by atoms with Gasteiger partial charge in [-0.3, -0.25) is 0 Å². The molecule has 0 N–H and O–H groups in total. The van der Waals surface area contributed by atoms with Crippen LogP contribution in [-0.2, 0) is 11.8 Å². The van der Waals surface area contributed by atoms with E-state index in [4.69, 9.17) is 9.47 Å². The van der Waals surface area contributed by atoms with Gasteiger partial charge in [0.05, 0.1) is 7.11 Å². The first-order valence-electron chi connectivity index (χ1n) is 8.83. The van der Waals surface area contributed by atoms with E-state index in [1.54, 1.807) is 18.0 Å². The van der Waals surface area contributed by atoms with Gasteiger partial charge >= 0.3 is 5.97 Å². The second-order valence-electron chi connectivity index (χ2n) is 7.10. The lowest BCUT2D eigenvalue weighted by atomic mass is 10.2. The minimum Gasteiger partial charge on any atom is -0.497 e. The maximum atomic E-state index is 12.8. The summed E-state index contributed by atoms with van der Waals surface area (Å²) in [7, 11) is 3.48. The number of benzene rings is 1. The van der Waals surface area contributed by atoms with Gasteiger partial charge in [0.25, 0.3) is 0 Å². The number of hydrogen-bond acceptors (Lipinski definition) is 8. The number of carbonyl (C=O) groups excluding carboxylic acids is 1. The zero-order chi connectivity index (χ0) is 21.0. The zero-order valence-electron chi connectivity index (χ0n) is 16.9. The van der Waals surface area contributed by atoms with Gasteiger partial charge in [0.1, 0.15) is 22.7 Å². The van der Waals surface area contributed by atoms with E-state index in [-0.39, 0.29) is 5.69 Å². The number of aryl methyl sites for hydroxylation is 1. The molecule has 0 amide bonds. The van der Waals surface area contributed by atoms with Gasteiger partial charge in [0.2, 0.25) is 0 Å². The van der Waals surface area contributed by atoms with Crippen molar-refractivity contribution in [1.82, 2.24) is 19.7 Å². The van der Waals surface area contributed by atoms with E-state index in [2.05, 4.69) is 15.2 Å². The molecule has 0 saturated carbocycles. The number of pyridine rings is 1. The lowest BCUT2D eigenvalue weighted by Crippen LogP contribution is -2.25. The first-order valence-corrected chi connectivity index (χ1v) is 10.5. The molecule has 0 aliphatic heterocycles. The second-order valence-corrected chi connectivity index (χ2v) is 9.21. The van der Waals surface area contributed by atoms with E-state index in [0.29, 0.717) is 15.1 Å². The maximum Gasteiger partial charge on any atom is 0.358 e. The Morgan fingerprint density at radius 3 is 2.38 bits per heavy atom. The summed E-state index contributed by atoms with van der Waals surface area (Å²) in [5.74, 6) is 0.309. The Hall–Kier alpha value is -2.52. The highest BCUT2D eigenvalue weighted by atomic mass is 32.2. The van der Waals surface area contributed by atoms with Crippen molar-refractivity contribution in [2.24, 2.45) is 7.05 Å². The third-order valence-electron chi connectivity index (χ3n) is 3.58. The van der Waals surface area contributed by atoms with Crippen molar-refractivity contribution in [2.45, 2.75) is 46.3 Å². The highest BCUT2D eigenvalue weighted by molar-refractivity contribution is 7.99. The average Bonchev–Trinajstić information content (AvgIpc) is 3.06. The topological polar surface area (TPSA) is 79.1 Å². The quantitative estimate of drug-likeness (QED) is 0.530. The Kier molecular flexibility index (Phi) is 6.49. The van der Waals surface area contributed by atoms with E-state index < -0.39 is 11.6 Å². The van der Waals surface area contributed by atoms with Gasteiger partial charge in [-0.1, -0.05) is 11.8 Å². The molecule has 0 radical (unpaired) electrons. The third-order valence-corrected chi connectivity index (χ3v) is 5.62. The summed E-state index contributed by atoms with van der Waals surface area (Å²) in [5.41, 5.74) is -0.346. The normalized spacial score (nSPS) is 11.3. The summed E-state index contributed by atoms with van der Waals surface area (Å²) < 4.78 is 12.6. The summed E-state index contributed by atoms with van der Waals surface area (Å²) in [6.45, 7) is 5.50. The molecule has 0 bridgehead atoms. The summed E-state index contributed by atoms with van der Waals surface area (Å²) >= 11 is 2.78. The lowest BCUT2D eigenvalue weighted by Gasteiger charge is -2.20. The van der Waals surface area contributed by atoms with Gasteiger partial charge in [-0.15, -0.1) is 10.2 Å². The van der Waals surface area contributed by atoms with Crippen LogP contribution < -0.4 is 4.74 Å². The number of aromatic nitrogens is 4. The molecule has 0 aliphatic rings. The predicted octanol–water partition coefficient (Wildman–Crippen LogP) is 4.48. The first-order chi connectivity index (χ1) is 13.7. The highest BCUT2D eigenvalue weighted by Crippen LogP contribution is 2.34. The molecule has 9 heteroatoms. The largest absolute Gasteiger partial charge is 0.497 e. The predicted molar refractivity (Wildman–Crippen MR) is 112 cm³/mol. The molecule has 3 aromatic rings. The fourth-order valence-electron chi connectivity index (χ4n) is 2.27. The molecule has 1 aromatic carbocycles. The van der Waals surface area contributed by atoms with E-state index in [1.807, 2.05) is 64.2 Å². The Balaban J connectivity index is 1.92. The highest BCUT2D eigenvalue weighted by Gasteiger charge is 2.23. The molecule has 0 atom stereocenters. The van der Waals surface area contributed by atoms with Crippen LogP contribution in [0.3, 0.4) is 0 Å². The monoisotopic (exact) mass is 430 g/mol. The Bertz CT molecular complexity index is 998. The minimum atomic E-state index is -0.618. The van der Waals surface area contributed by atoms with Crippen molar-refractivity contribution in [2.75, 3.05) is 7.11 Å². The molecule has 7 nitrogen and oxygen atoms in total. The van der Waals surface area contributed by atoms with Crippen LogP contribution >= 0.6 is 23.5 Å². The number of nitrogens with zero attached hydrogens (tertiary/aromatic N) is 4. The average molecular weight is 431 g/mol. The van der Waals surface area contributed by atoms with Crippen LogP contribution in [0.15, 0.2) is 62.7 Å². The number of hydrogen-bond donors (Lipinski definition) is 0. The van der Waals surface area contributed by atoms with Crippen molar-refractivity contribution < 1.29 is 14.3 Å². The van der Waals surface area contributed by atoms with Crippen LogP contribution in [0.4, 0.5) is 0 Å². The zero-order valence-corrected chi connectivity index (χ0v) is 18.5. The fourth-order valence-corrected chi connectivity index (χ4v) is 3.90. The van der Waals surface area contributed by atoms with Crippen molar-refractivity contribution in [1.29, 1.82) is 0 Å². The molecule has 0 saturated heterocycles. The molecule has 152 valence electrons. The Morgan fingerprint density at radius 1 is 1.07 bits per heavy atom. The SMILES string of the molecule is COc1ccc(Sc2ccc(Sc3nncn3C)nc2C(=O)OC(C)(C)C)cc1. The van der Waals surface area contributed by atoms with E-state index >= 15 is 0 Å². The molecule has 0 fully saturated rings. The molecule has 2 aromatic heterocycles. The van der Waals surface area contributed by atoms with Gasteiger partial charge in [0, 0.05) is 16.8 Å². The van der Waals surface area contributed by atoms with Crippen LogP contribution in [0.25, 0.3) is 0 Å². The Morgan fingerprint density at radius 2 is 1.79 bits per heavy atom. The van der Waals surface area contributed by atoms with Crippen LogP contribution in [0.2, 0.25) is 0 Å². The smallest absolute Gasteiger partial charge is 0.358 e. The lowest BCUT2D eigenvalue weighted by molar-refractivity contribution is 0.00576. The molecule has 0 unspecified atom stereocenters. The van der Waals surface area contributed by atoms with Crippen molar-refractivity contribution in [3.05, 3.63) is 48.4 Å². The third kappa shape index (κ3) is 5.74. The summed E-state index contributed by atoms with van der Waals surface area (Å²) in [6.07, 6.45) is 1.62. The maximum absolute atomic E-state index is 12.8. The van der Waals surface area contributed by atoms with Crippen molar-refractivity contribution in [3.63, 3.8) is 0 Å². The second kappa shape index (κ2) is 8.87. The molecule has 0 spiro atoms. The summed E-state index contributed by atoms with van der Waals surface area (Å²) in [5, 5.41) is 9.25. The van der Waals surface area contributed by atoms with Crippen LogP contribution in [0, 0.1) is 0 Å². The van der Waals surface area contributed by atoms with Gasteiger partial charge < -0.3 is 14.0 Å². The van der Waals surface area contributed by atoms with Gasteiger partial charge in [-0.05, 0) is 68.9 Å². The molecular formula is C20H22N4O3S2. The van der Waals surface area contributed by atoms with E-state index in [9.17, 15) is 4.79 Å². The van der Waals surface area contributed by atoms with Crippen LogP contribution in [0.1, 0.15) is 31.3 Å². The molecule has 0 aliphatic carbocycles. The summed E-state index contributed by atoms with van der Waals surface area (Å²) in [4.78, 5) is 19.1. The van der Waals surface area contributed by atoms with Crippen LogP contribution in [-0.4, -0.2) is 38.4 Å². The molecule has 2 heterocycles. The van der Waals surface area contributed by atoms with E-state index in [1.165, 1.54) is 23.5 Å². The molecule has 3 rings (SSSR count). The number of rotatable bonds is 6. The van der Waals surface area contributed by atoms with Crippen molar-refractivity contribution >= 4 is 29.5 Å². The minimum absolute atomic E-state index is 0.271. The van der Waals surface area contributed by atoms with Crippen molar-refractivity contribution in [3.8, 4) is 5.75 Å². The number of esters is 1. The van der Waals surface area contributed by atoms with Gasteiger partial charge in [-0.25, -0.2) is 9.78 Å². The number of methoxy groups -OCH3 is 1.